The zero-order valence-electron chi connectivity index (χ0n) is 18.0. The topological polar surface area (TPSA) is 82.4 Å². The summed E-state index contributed by atoms with van der Waals surface area (Å²) in [5.74, 6) is 2.62. The number of hydrogen-bond donors (Lipinski definition) is 1. The maximum absolute atomic E-state index is 13.2. The van der Waals surface area contributed by atoms with Crippen LogP contribution >= 0.6 is 0 Å². The third-order valence-electron chi connectivity index (χ3n) is 6.05. The van der Waals surface area contributed by atoms with Crippen molar-refractivity contribution in [2.24, 2.45) is 0 Å². The van der Waals surface area contributed by atoms with Crippen LogP contribution in [0.4, 0.5) is 5.82 Å². The molecule has 1 fully saturated rings. The Kier molecular flexibility index (Phi) is 5.05. The standard InChI is InChI=1S/C23H27N7O/c1-3-6-16-15-21(25-23-27-26-20(4-2)30(16)23)28-11-13-29(14-12-28)22(31)18-7-5-8-19-17(18)9-10-24-19/h5,7-10,15,24H,3-4,6,11-14H2,1-2H3. The van der Waals surface area contributed by atoms with Gasteiger partial charge in [-0.15, -0.1) is 10.2 Å². The smallest absolute Gasteiger partial charge is 0.257 e. The van der Waals surface area contributed by atoms with Crippen LogP contribution in [0.1, 0.15) is 42.1 Å². The van der Waals surface area contributed by atoms with E-state index in [2.05, 4.69) is 44.4 Å². The summed E-state index contributed by atoms with van der Waals surface area (Å²) in [6, 6.07) is 9.97. The van der Waals surface area contributed by atoms with Gasteiger partial charge in [0.15, 0.2) is 0 Å². The summed E-state index contributed by atoms with van der Waals surface area (Å²) in [7, 11) is 0. The van der Waals surface area contributed by atoms with Crippen LogP contribution in [0.25, 0.3) is 16.7 Å². The van der Waals surface area contributed by atoms with Gasteiger partial charge in [-0.3, -0.25) is 9.20 Å². The average Bonchev–Trinajstić information content (AvgIpc) is 3.45. The van der Waals surface area contributed by atoms with E-state index in [-0.39, 0.29) is 5.91 Å². The summed E-state index contributed by atoms with van der Waals surface area (Å²) >= 11 is 0. The van der Waals surface area contributed by atoms with Crippen LogP contribution in [-0.2, 0) is 12.8 Å². The predicted molar refractivity (Wildman–Crippen MR) is 121 cm³/mol. The van der Waals surface area contributed by atoms with E-state index in [0.29, 0.717) is 18.9 Å². The molecule has 0 aliphatic carbocycles. The van der Waals surface area contributed by atoms with E-state index in [1.165, 1.54) is 5.69 Å². The van der Waals surface area contributed by atoms with Gasteiger partial charge in [-0.1, -0.05) is 26.3 Å². The fourth-order valence-electron chi connectivity index (χ4n) is 4.43. The Labute approximate surface area is 180 Å². The first-order valence-electron chi connectivity index (χ1n) is 11.0. The molecule has 1 amide bonds. The molecule has 0 radical (unpaired) electrons. The maximum Gasteiger partial charge on any atom is 0.257 e. The molecule has 1 saturated heterocycles. The van der Waals surface area contributed by atoms with Gasteiger partial charge < -0.3 is 14.8 Å². The number of anilines is 1. The number of fused-ring (bicyclic) bond motifs is 2. The van der Waals surface area contributed by atoms with Gasteiger partial charge in [0.25, 0.3) is 11.7 Å². The summed E-state index contributed by atoms with van der Waals surface area (Å²) in [5, 5.41) is 9.59. The number of amides is 1. The molecule has 0 spiro atoms. The van der Waals surface area contributed by atoms with Crippen molar-refractivity contribution >= 4 is 28.4 Å². The first kappa shape index (κ1) is 19.5. The minimum atomic E-state index is 0.0879. The second-order valence-electron chi connectivity index (χ2n) is 7.98. The van der Waals surface area contributed by atoms with Gasteiger partial charge in [0, 0.05) is 67.0 Å². The van der Waals surface area contributed by atoms with E-state index in [0.717, 1.165) is 60.5 Å². The lowest BCUT2D eigenvalue weighted by atomic mass is 10.1. The fourth-order valence-corrected chi connectivity index (χ4v) is 4.43. The second-order valence-corrected chi connectivity index (χ2v) is 7.98. The van der Waals surface area contributed by atoms with E-state index in [1.807, 2.05) is 35.4 Å². The molecule has 3 aromatic heterocycles. The van der Waals surface area contributed by atoms with Crippen LogP contribution in [0, 0.1) is 0 Å². The van der Waals surface area contributed by atoms with Crippen molar-refractivity contribution in [3.63, 3.8) is 0 Å². The monoisotopic (exact) mass is 417 g/mol. The number of rotatable bonds is 5. The highest BCUT2D eigenvalue weighted by molar-refractivity contribution is 6.06. The lowest BCUT2D eigenvalue weighted by Crippen LogP contribution is -2.49. The number of hydrogen-bond acceptors (Lipinski definition) is 5. The molecular weight excluding hydrogens is 390 g/mol. The minimum Gasteiger partial charge on any atom is -0.361 e. The molecule has 160 valence electrons. The van der Waals surface area contributed by atoms with Gasteiger partial charge in [-0.2, -0.15) is 4.98 Å². The highest BCUT2D eigenvalue weighted by Crippen LogP contribution is 2.22. The number of aromatic nitrogens is 5. The van der Waals surface area contributed by atoms with Crippen molar-refractivity contribution in [2.45, 2.75) is 33.1 Å². The Morgan fingerprint density at radius 1 is 1.10 bits per heavy atom. The lowest BCUT2D eigenvalue weighted by Gasteiger charge is -2.35. The van der Waals surface area contributed by atoms with E-state index in [9.17, 15) is 4.79 Å². The minimum absolute atomic E-state index is 0.0879. The van der Waals surface area contributed by atoms with Crippen LogP contribution in [0.5, 0.6) is 0 Å². The Morgan fingerprint density at radius 2 is 1.94 bits per heavy atom. The molecule has 0 unspecified atom stereocenters. The van der Waals surface area contributed by atoms with Gasteiger partial charge in [0.1, 0.15) is 11.6 Å². The van der Waals surface area contributed by atoms with E-state index in [1.54, 1.807) is 0 Å². The molecule has 8 nitrogen and oxygen atoms in total. The van der Waals surface area contributed by atoms with Crippen LogP contribution < -0.4 is 4.90 Å². The summed E-state index contributed by atoms with van der Waals surface area (Å²) < 4.78 is 2.09. The zero-order chi connectivity index (χ0) is 21.4. The van der Waals surface area contributed by atoms with E-state index >= 15 is 0 Å². The molecule has 0 saturated carbocycles. The van der Waals surface area contributed by atoms with Crippen molar-refractivity contribution < 1.29 is 4.79 Å². The Balaban J connectivity index is 1.36. The summed E-state index contributed by atoms with van der Waals surface area (Å²) in [6.45, 7) is 7.10. The molecule has 5 rings (SSSR count). The first-order valence-corrected chi connectivity index (χ1v) is 11.0. The quantitative estimate of drug-likeness (QED) is 0.540. The molecule has 1 aliphatic rings. The maximum atomic E-state index is 13.2. The third kappa shape index (κ3) is 3.41. The number of aryl methyl sites for hydroxylation is 2. The number of nitrogens with one attached hydrogen (secondary N) is 1. The molecule has 0 bridgehead atoms. The van der Waals surface area contributed by atoms with Crippen molar-refractivity contribution in [3.8, 4) is 0 Å². The van der Waals surface area contributed by atoms with Crippen molar-refractivity contribution in [2.75, 3.05) is 31.1 Å². The number of benzene rings is 1. The van der Waals surface area contributed by atoms with E-state index in [4.69, 9.17) is 4.98 Å². The van der Waals surface area contributed by atoms with Crippen molar-refractivity contribution in [3.05, 3.63) is 53.6 Å². The number of nitrogens with zero attached hydrogens (tertiary/aromatic N) is 6. The largest absolute Gasteiger partial charge is 0.361 e. The number of piperazine rings is 1. The average molecular weight is 418 g/mol. The molecule has 0 atom stereocenters. The second kappa shape index (κ2) is 8.02. The Morgan fingerprint density at radius 3 is 2.71 bits per heavy atom. The van der Waals surface area contributed by atoms with Gasteiger partial charge in [-0.25, -0.2) is 0 Å². The first-order chi connectivity index (χ1) is 15.2. The zero-order valence-corrected chi connectivity index (χ0v) is 18.0. The molecule has 4 heterocycles. The van der Waals surface area contributed by atoms with Crippen LogP contribution in [0.3, 0.4) is 0 Å². The number of aromatic amines is 1. The summed E-state index contributed by atoms with van der Waals surface area (Å²) in [5.41, 5.74) is 2.94. The fraction of sp³-hybridized carbons (Fsp3) is 0.391. The highest BCUT2D eigenvalue weighted by atomic mass is 16.2. The van der Waals surface area contributed by atoms with Crippen LogP contribution in [0.2, 0.25) is 0 Å². The lowest BCUT2D eigenvalue weighted by molar-refractivity contribution is 0.0748. The van der Waals surface area contributed by atoms with Gasteiger partial charge in [-0.05, 0) is 24.6 Å². The van der Waals surface area contributed by atoms with Crippen LogP contribution in [0.15, 0.2) is 36.5 Å². The van der Waals surface area contributed by atoms with Gasteiger partial charge in [0.05, 0.1) is 0 Å². The molecule has 8 heteroatoms. The van der Waals surface area contributed by atoms with Crippen molar-refractivity contribution in [1.82, 2.24) is 29.5 Å². The SMILES string of the molecule is CCCc1cc(N2CCN(C(=O)c3cccc4[nH]ccc34)CC2)nc2nnc(CC)n12. The molecule has 31 heavy (non-hydrogen) atoms. The molecular formula is C23H27N7O. The number of carbonyl (C=O) groups excluding carboxylic acids is 1. The third-order valence-corrected chi connectivity index (χ3v) is 6.05. The molecule has 1 N–H and O–H groups in total. The molecule has 4 aromatic rings. The molecule has 1 aromatic carbocycles. The normalized spacial score (nSPS) is 14.6. The number of carbonyl (C=O) groups is 1. The van der Waals surface area contributed by atoms with Crippen molar-refractivity contribution in [1.29, 1.82) is 0 Å². The van der Waals surface area contributed by atoms with E-state index < -0.39 is 0 Å². The predicted octanol–water partition coefficient (Wildman–Crippen LogP) is 3.08. The Bertz CT molecular complexity index is 1230. The highest BCUT2D eigenvalue weighted by Gasteiger charge is 2.25. The van der Waals surface area contributed by atoms with Gasteiger partial charge in [0.2, 0.25) is 0 Å². The summed E-state index contributed by atoms with van der Waals surface area (Å²) in [6.07, 6.45) is 4.71. The summed E-state index contributed by atoms with van der Waals surface area (Å²) in [4.78, 5) is 25.3. The van der Waals surface area contributed by atoms with Crippen LogP contribution in [-0.4, -0.2) is 61.6 Å². The number of H-pyrrole nitrogens is 1. The van der Waals surface area contributed by atoms with Gasteiger partial charge >= 0.3 is 0 Å². The Hall–Kier alpha value is -3.42. The molecule has 1 aliphatic heterocycles.